The molecule has 1 aliphatic heterocycles. The first-order chi connectivity index (χ1) is 14.4. The van der Waals surface area contributed by atoms with Gasteiger partial charge < -0.3 is 25.0 Å². The Bertz CT molecular complexity index is 1090. The molecule has 4 rings (SSSR count). The van der Waals surface area contributed by atoms with E-state index >= 15 is 0 Å². The molecule has 1 amide bonds. The highest BCUT2D eigenvalue weighted by atomic mass is 35.5. The summed E-state index contributed by atoms with van der Waals surface area (Å²) in [7, 11) is 1.60. The zero-order valence-corrected chi connectivity index (χ0v) is 17.9. The molecule has 3 heterocycles. The number of aromatic amines is 1. The molecule has 2 aromatic heterocycles. The van der Waals surface area contributed by atoms with Gasteiger partial charge in [0, 0.05) is 20.2 Å². The lowest BCUT2D eigenvalue weighted by atomic mass is 10.0. The number of carbonyl (C=O) groups is 2. The Morgan fingerprint density at radius 1 is 1.40 bits per heavy atom. The first-order valence-electron chi connectivity index (χ1n) is 9.31. The van der Waals surface area contributed by atoms with Crippen LogP contribution in [0.3, 0.4) is 0 Å². The van der Waals surface area contributed by atoms with Crippen LogP contribution >= 0.6 is 22.9 Å². The molecule has 1 saturated heterocycles. The third kappa shape index (κ3) is 3.85. The molecule has 0 spiro atoms. The summed E-state index contributed by atoms with van der Waals surface area (Å²) < 4.78 is 6.27. The summed E-state index contributed by atoms with van der Waals surface area (Å²) in [4.78, 5) is 37.5. The van der Waals surface area contributed by atoms with Crippen LogP contribution in [-0.4, -0.2) is 64.3 Å². The average Bonchev–Trinajstić information content (AvgIpc) is 3.31. The van der Waals surface area contributed by atoms with Gasteiger partial charge >= 0.3 is 5.97 Å². The predicted molar refractivity (Wildman–Crippen MR) is 114 cm³/mol. The van der Waals surface area contributed by atoms with Crippen LogP contribution in [0.4, 0.5) is 5.13 Å². The minimum Gasteiger partial charge on any atom is -0.478 e. The van der Waals surface area contributed by atoms with E-state index in [9.17, 15) is 14.7 Å². The van der Waals surface area contributed by atoms with Gasteiger partial charge in [-0.05, 0) is 25.5 Å². The van der Waals surface area contributed by atoms with Crippen molar-refractivity contribution in [1.29, 1.82) is 0 Å². The SMILES string of the molecule is CO[C@@H]1CN(c2nc3cccc(C(=O)O)c3s2)CC[C@@H]1NC(=O)c1nc(Cl)c(C)[nH]1. The maximum atomic E-state index is 12.5. The number of nitrogens with one attached hydrogen (secondary N) is 2. The fraction of sp³-hybridized carbons (Fsp3) is 0.368. The molecule has 9 nitrogen and oxygen atoms in total. The Kier molecular flexibility index (Phi) is 5.63. The average molecular weight is 450 g/mol. The van der Waals surface area contributed by atoms with Crippen molar-refractivity contribution >= 4 is 50.2 Å². The molecule has 0 aliphatic carbocycles. The van der Waals surface area contributed by atoms with Crippen molar-refractivity contribution in [3.05, 3.63) is 40.4 Å². The number of piperidine rings is 1. The van der Waals surface area contributed by atoms with Gasteiger partial charge in [-0.1, -0.05) is 29.0 Å². The fourth-order valence-corrected chi connectivity index (χ4v) is 4.76. The van der Waals surface area contributed by atoms with E-state index in [0.29, 0.717) is 35.4 Å². The molecular weight excluding hydrogens is 430 g/mol. The second-order valence-electron chi connectivity index (χ2n) is 7.05. The molecule has 3 aromatic rings. The number of halogens is 1. The van der Waals surface area contributed by atoms with Crippen molar-refractivity contribution in [2.45, 2.75) is 25.5 Å². The maximum absolute atomic E-state index is 12.5. The van der Waals surface area contributed by atoms with Crippen LogP contribution in [0.1, 0.15) is 33.1 Å². The number of hydrogen-bond acceptors (Lipinski definition) is 7. The minimum absolute atomic E-state index is 0.169. The Balaban J connectivity index is 1.49. The maximum Gasteiger partial charge on any atom is 0.337 e. The number of imidazole rings is 1. The van der Waals surface area contributed by atoms with Crippen molar-refractivity contribution in [3.63, 3.8) is 0 Å². The van der Waals surface area contributed by atoms with E-state index in [0.717, 1.165) is 5.13 Å². The Morgan fingerprint density at radius 3 is 2.87 bits per heavy atom. The normalized spacial score (nSPS) is 19.2. The topological polar surface area (TPSA) is 120 Å². The summed E-state index contributed by atoms with van der Waals surface area (Å²) in [5, 5.41) is 13.4. The van der Waals surface area contributed by atoms with Crippen molar-refractivity contribution in [2.75, 3.05) is 25.1 Å². The molecule has 0 saturated carbocycles. The highest BCUT2D eigenvalue weighted by Gasteiger charge is 2.32. The number of thiazole rings is 1. The molecule has 1 aliphatic rings. The van der Waals surface area contributed by atoms with Gasteiger partial charge in [0.05, 0.1) is 33.6 Å². The standard InChI is InChI=1S/C19H20ClN5O4S/c1-9-15(20)24-16(21-9)17(26)22-11-6-7-25(8-13(11)29-2)19-23-12-5-3-4-10(18(27)28)14(12)30-19/h3-5,11,13H,6-8H2,1-2H3,(H,21,24)(H,22,26)(H,27,28)/t11-,13+/m0/s1. The van der Waals surface area contributed by atoms with Gasteiger partial charge in [-0.15, -0.1) is 0 Å². The van der Waals surface area contributed by atoms with Gasteiger partial charge in [0.15, 0.2) is 16.1 Å². The lowest BCUT2D eigenvalue weighted by molar-refractivity contribution is 0.0538. The van der Waals surface area contributed by atoms with E-state index in [2.05, 4.69) is 25.2 Å². The smallest absolute Gasteiger partial charge is 0.337 e. The quantitative estimate of drug-likeness (QED) is 0.547. The molecule has 0 radical (unpaired) electrons. The molecule has 0 unspecified atom stereocenters. The highest BCUT2D eigenvalue weighted by Crippen LogP contribution is 2.33. The number of rotatable bonds is 5. The van der Waals surface area contributed by atoms with Crippen LogP contribution in [0.25, 0.3) is 10.2 Å². The summed E-state index contributed by atoms with van der Waals surface area (Å²) in [6.07, 6.45) is 0.375. The second-order valence-corrected chi connectivity index (χ2v) is 8.38. The van der Waals surface area contributed by atoms with E-state index in [-0.39, 0.29) is 34.6 Å². The van der Waals surface area contributed by atoms with Crippen molar-refractivity contribution in [1.82, 2.24) is 20.3 Å². The third-order valence-electron chi connectivity index (χ3n) is 5.12. The van der Waals surface area contributed by atoms with Crippen LogP contribution in [0.15, 0.2) is 18.2 Å². The van der Waals surface area contributed by atoms with Gasteiger partial charge in [-0.25, -0.2) is 14.8 Å². The lowest BCUT2D eigenvalue weighted by Gasteiger charge is -2.37. The van der Waals surface area contributed by atoms with Crippen LogP contribution in [0.5, 0.6) is 0 Å². The van der Waals surface area contributed by atoms with Crippen LogP contribution < -0.4 is 10.2 Å². The van der Waals surface area contributed by atoms with E-state index in [1.807, 2.05) is 0 Å². The number of anilines is 1. The molecule has 0 bridgehead atoms. The number of nitrogens with zero attached hydrogens (tertiary/aromatic N) is 3. The van der Waals surface area contributed by atoms with Gasteiger partial charge in [0.1, 0.15) is 0 Å². The number of carbonyl (C=O) groups excluding carboxylic acids is 1. The number of methoxy groups -OCH3 is 1. The van der Waals surface area contributed by atoms with Crippen molar-refractivity contribution in [2.24, 2.45) is 0 Å². The van der Waals surface area contributed by atoms with E-state index in [4.69, 9.17) is 16.3 Å². The summed E-state index contributed by atoms with van der Waals surface area (Å²) in [5.74, 6) is -1.14. The molecule has 158 valence electrons. The monoisotopic (exact) mass is 449 g/mol. The van der Waals surface area contributed by atoms with E-state index in [1.54, 1.807) is 32.2 Å². The number of carboxylic acid groups (broad SMARTS) is 1. The molecule has 1 aromatic carbocycles. The molecular formula is C19H20ClN5O4S. The van der Waals surface area contributed by atoms with Crippen LogP contribution in [0, 0.1) is 6.92 Å². The number of fused-ring (bicyclic) bond motifs is 1. The minimum atomic E-state index is -0.972. The molecule has 30 heavy (non-hydrogen) atoms. The molecule has 11 heteroatoms. The number of carboxylic acids is 1. The number of H-pyrrole nitrogens is 1. The second kappa shape index (κ2) is 8.21. The number of aromatic nitrogens is 3. The number of ether oxygens (including phenoxy) is 1. The van der Waals surface area contributed by atoms with Gasteiger partial charge in [0.25, 0.3) is 5.91 Å². The zero-order chi connectivity index (χ0) is 21.4. The van der Waals surface area contributed by atoms with Gasteiger partial charge in [-0.3, -0.25) is 4.79 Å². The van der Waals surface area contributed by atoms with Crippen molar-refractivity contribution in [3.8, 4) is 0 Å². The first kappa shape index (κ1) is 20.6. The highest BCUT2D eigenvalue weighted by molar-refractivity contribution is 7.22. The third-order valence-corrected chi connectivity index (χ3v) is 6.66. The number of amides is 1. The van der Waals surface area contributed by atoms with Crippen molar-refractivity contribution < 1.29 is 19.4 Å². The summed E-state index contributed by atoms with van der Waals surface area (Å²) in [5.41, 5.74) is 1.54. The number of benzene rings is 1. The molecule has 1 fully saturated rings. The van der Waals surface area contributed by atoms with Crippen LogP contribution in [0.2, 0.25) is 5.15 Å². The van der Waals surface area contributed by atoms with E-state index in [1.165, 1.54) is 11.3 Å². The van der Waals surface area contributed by atoms with E-state index < -0.39 is 5.97 Å². The Morgan fingerprint density at radius 2 is 2.20 bits per heavy atom. The Labute approximate surface area is 181 Å². The largest absolute Gasteiger partial charge is 0.478 e. The fourth-order valence-electron chi connectivity index (χ4n) is 3.52. The Hall–Kier alpha value is -2.69. The number of aryl methyl sites for hydroxylation is 1. The van der Waals surface area contributed by atoms with Crippen LogP contribution in [-0.2, 0) is 4.74 Å². The number of aromatic carboxylic acids is 1. The van der Waals surface area contributed by atoms with Gasteiger partial charge in [-0.2, -0.15) is 0 Å². The molecule has 2 atom stereocenters. The predicted octanol–water partition coefficient (Wildman–Crippen LogP) is 2.70. The summed E-state index contributed by atoms with van der Waals surface area (Å²) in [6, 6.07) is 4.87. The molecule has 3 N–H and O–H groups in total. The summed E-state index contributed by atoms with van der Waals surface area (Å²) in [6.45, 7) is 2.91. The zero-order valence-electron chi connectivity index (χ0n) is 16.3. The summed E-state index contributed by atoms with van der Waals surface area (Å²) >= 11 is 7.28. The first-order valence-corrected chi connectivity index (χ1v) is 10.5. The van der Waals surface area contributed by atoms with Gasteiger partial charge in [0.2, 0.25) is 0 Å². The lowest BCUT2D eigenvalue weighted by Crippen LogP contribution is -2.55. The number of hydrogen-bond donors (Lipinski definition) is 3.